The van der Waals surface area contributed by atoms with E-state index in [2.05, 4.69) is 15.7 Å². The molecule has 3 rings (SSSR count). The number of aryl methyl sites for hydroxylation is 2. The van der Waals surface area contributed by atoms with Crippen LogP contribution < -0.4 is 16.3 Å². The van der Waals surface area contributed by atoms with Gasteiger partial charge in [0.25, 0.3) is 0 Å². The number of aliphatic hydroxyl groups excluding tert-OH is 1. The van der Waals surface area contributed by atoms with Crippen molar-refractivity contribution >= 4 is 6.03 Å². The van der Waals surface area contributed by atoms with E-state index in [-0.39, 0.29) is 24.4 Å². The zero-order valence-electron chi connectivity index (χ0n) is 16.1. The fraction of sp³-hybridized carbons (Fsp3) is 0.550. The van der Waals surface area contributed by atoms with E-state index in [9.17, 15) is 9.59 Å². The van der Waals surface area contributed by atoms with Gasteiger partial charge >= 0.3 is 11.7 Å². The van der Waals surface area contributed by atoms with E-state index in [1.807, 2.05) is 30.3 Å². The van der Waals surface area contributed by atoms with Gasteiger partial charge in [-0.3, -0.25) is 4.57 Å². The highest BCUT2D eigenvalue weighted by atomic mass is 16.3. The molecule has 0 aliphatic carbocycles. The summed E-state index contributed by atoms with van der Waals surface area (Å²) in [6.45, 7) is 1.80. The standard InChI is InChI=1S/C20H29N5O3/c26-15-6-10-17(16-8-2-1-3-9-16)22-19(27)21-12-7-14-25-20(28)24-13-5-4-11-18(24)23-25/h1-3,8-9,17,26H,4-7,10-15H2,(H2,21,22,27). The maximum atomic E-state index is 12.3. The van der Waals surface area contributed by atoms with Crippen LogP contribution in [0.2, 0.25) is 0 Å². The Labute approximate surface area is 164 Å². The molecule has 1 aliphatic rings. The van der Waals surface area contributed by atoms with Crippen LogP contribution in [0.15, 0.2) is 35.1 Å². The molecule has 1 aromatic carbocycles. The molecule has 8 heteroatoms. The van der Waals surface area contributed by atoms with Gasteiger partial charge in [0.05, 0.1) is 6.04 Å². The number of nitrogens with zero attached hydrogens (tertiary/aromatic N) is 3. The first-order valence-electron chi connectivity index (χ1n) is 10.1. The first-order chi connectivity index (χ1) is 13.7. The number of nitrogens with one attached hydrogen (secondary N) is 2. The number of aliphatic hydroxyl groups is 1. The van der Waals surface area contributed by atoms with Crippen LogP contribution in [0.25, 0.3) is 0 Å². The molecule has 28 heavy (non-hydrogen) atoms. The minimum atomic E-state index is -0.247. The highest BCUT2D eigenvalue weighted by Gasteiger charge is 2.17. The third kappa shape index (κ3) is 5.22. The van der Waals surface area contributed by atoms with Crippen molar-refractivity contribution in [2.75, 3.05) is 13.2 Å². The number of carbonyl (C=O) groups is 1. The maximum absolute atomic E-state index is 12.3. The highest BCUT2D eigenvalue weighted by molar-refractivity contribution is 5.74. The van der Waals surface area contributed by atoms with Crippen LogP contribution in [0.3, 0.4) is 0 Å². The molecule has 0 saturated heterocycles. The van der Waals surface area contributed by atoms with Crippen molar-refractivity contribution in [1.29, 1.82) is 0 Å². The largest absolute Gasteiger partial charge is 0.396 e. The molecular weight excluding hydrogens is 358 g/mol. The average molecular weight is 387 g/mol. The number of fused-ring (bicyclic) bond motifs is 1. The van der Waals surface area contributed by atoms with Crippen molar-refractivity contribution in [3.05, 3.63) is 52.2 Å². The Hall–Kier alpha value is -2.61. The topological polar surface area (TPSA) is 101 Å². The van der Waals surface area contributed by atoms with Crippen LogP contribution >= 0.6 is 0 Å². The van der Waals surface area contributed by atoms with Crippen LogP contribution in [0.5, 0.6) is 0 Å². The number of carbonyl (C=O) groups excluding carboxylic acids is 1. The molecular formula is C20H29N5O3. The number of benzene rings is 1. The molecule has 0 radical (unpaired) electrons. The second kappa shape index (κ2) is 10.1. The van der Waals surface area contributed by atoms with Crippen LogP contribution in [-0.2, 0) is 19.5 Å². The van der Waals surface area contributed by atoms with E-state index in [1.54, 1.807) is 4.57 Å². The van der Waals surface area contributed by atoms with Crippen molar-refractivity contribution in [1.82, 2.24) is 25.0 Å². The summed E-state index contributed by atoms with van der Waals surface area (Å²) in [5.41, 5.74) is 0.966. The molecule has 0 spiro atoms. The van der Waals surface area contributed by atoms with Gasteiger partial charge in [0, 0.05) is 32.7 Å². The fourth-order valence-electron chi connectivity index (χ4n) is 3.54. The summed E-state index contributed by atoms with van der Waals surface area (Å²) < 4.78 is 3.27. The third-order valence-electron chi connectivity index (χ3n) is 5.02. The molecule has 0 fully saturated rings. The van der Waals surface area contributed by atoms with Crippen LogP contribution in [0.1, 0.15) is 49.5 Å². The average Bonchev–Trinajstić information content (AvgIpc) is 3.05. The molecule has 8 nitrogen and oxygen atoms in total. The third-order valence-corrected chi connectivity index (χ3v) is 5.02. The number of amides is 2. The quantitative estimate of drug-likeness (QED) is 0.569. The molecule has 2 heterocycles. The first kappa shape index (κ1) is 20.1. The monoisotopic (exact) mass is 387 g/mol. The zero-order chi connectivity index (χ0) is 19.8. The van der Waals surface area contributed by atoms with E-state index in [1.165, 1.54) is 4.68 Å². The van der Waals surface area contributed by atoms with E-state index in [4.69, 9.17) is 5.11 Å². The lowest BCUT2D eigenvalue weighted by atomic mass is 10.0. The number of urea groups is 1. The van der Waals surface area contributed by atoms with Crippen LogP contribution in [0, 0.1) is 0 Å². The predicted octanol–water partition coefficient (Wildman–Crippen LogP) is 1.58. The van der Waals surface area contributed by atoms with Gasteiger partial charge in [-0.1, -0.05) is 30.3 Å². The Kier molecular flexibility index (Phi) is 7.25. The summed E-state index contributed by atoms with van der Waals surface area (Å²) in [5, 5.41) is 19.3. The predicted molar refractivity (Wildman–Crippen MR) is 106 cm³/mol. The minimum absolute atomic E-state index is 0.0488. The first-order valence-corrected chi connectivity index (χ1v) is 10.1. The second-order valence-corrected chi connectivity index (χ2v) is 7.11. The van der Waals surface area contributed by atoms with Crippen molar-refractivity contribution in [3.63, 3.8) is 0 Å². The van der Waals surface area contributed by atoms with Gasteiger partial charge in [-0.05, 0) is 37.7 Å². The summed E-state index contributed by atoms with van der Waals surface area (Å²) in [4.78, 5) is 24.5. The van der Waals surface area contributed by atoms with Gasteiger partial charge in [0.15, 0.2) is 0 Å². The summed E-state index contributed by atoms with van der Waals surface area (Å²) >= 11 is 0. The summed E-state index contributed by atoms with van der Waals surface area (Å²) in [7, 11) is 0. The van der Waals surface area contributed by atoms with Crippen molar-refractivity contribution in [2.45, 2.75) is 57.7 Å². The van der Waals surface area contributed by atoms with E-state index >= 15 is 0 Å². The summed E-state index contributed by atoms with van der Waals surface area (Å²) in [6, 6.07) is 9.35. The number of rotatable bonds is 9. The van der Waals surface area contributed by atoms with Gasteiger partial charge in [0.2, 0.25) is 0 Å². The second-order valence-electron chi connectivity index (χ2n) is 7.11. The van der Waals surface area contributed by atoms with Gasteiger partial charge in [0.1, 0.15) is 5.82 Å². The maximum Gasteiger partial charge on any atom is 0.345 e. The number of aromatic nitrogens is 3. The zero-order valence-corrected chi connectivity index (χ0v) is 16.1. The van der Waals surface area contributed by atoms with E-state index < -0.39 is 0 Å². The Morgan fingerprint density at radius 1 is 1.21 bits per heavy atom. The van der Waals surface area contributed by atoms with Crippen LogP contribution in [0.4, 0.5) is 4.79 Å². The Bertz CT molecular complexity index is 815. The van der Waals surface area contributed by atoms with Gasteiger partial charge in [-0.25, -0.2) is 14.3 Å². The molecule has 1 atom stereocenters. The van der Waals surface area contributed by atoms with Gasteiger partial charge in [-0.2, -0.15) is 5.10 Å². The van der Waals surface area contributed by atoms with E-state index in [0.29, 0.717) is 32.4 Å². The Balaban J connectivity index is 1.46. The number of hydrogen-bond acceptors (Lipinski definition) is 4. The molecule has 1 unspecified atom stereocenters. The lowest BCUT2D eigenvalue weighted by molar-refractivity contribution is 0.232. The summed E-state index contributed by atoms with van der Waals surface area (Å²) in [6.07, 6.45) is 4.89. The molecule has 152 valence electrons. The lowest BCUT2D eigenvalue weighted by Crippen LogP contribution is -2.39. The molecule has 0 bridgehead atoms. The highest BCUT2D eigenvalue weighted by Crippen LogP contribution is 2.17. The van der Waals surface area contributed by atoms with Crippen LogP contribution in [-0.4, -0.2) is 38.6 Å². The molecule has 1 aliphatic heterocycles. The Morgan fingerprint density at radius 2 is 2.04 bits per heavy atom. The SMILES string of the molecule is O=C(NCCCn1nc2n(c1=O)CCCC2)NC(CCCO)c1ccccc1. The van der Waals surface area contributed by atoms with Crippen molar-refractivity contribution in [3.8, 4) is 0 Å². The number of hydrogen-bond donors (Lipinski definition) is 3. The molecule has 3 N–H and O–H groups in total. The smallest absolute Gasteiger partial charge is 0.345 e. The summed E-state index contributed by atoms with van der Waals surface area (Å²) in [5.74, 6) is 0.872. The fourth-order valence-corrected chi connectivity index (χ4v) is 3.54. The molecule has 0 saturated carbocycles. The van der Waals surface area contributed by atoms with Gasteiger partial charge in [-0.15, -0.1) is 0 Å². The van der Waals surface area contributed by atoms with E-state index in [0.717, 1.165) is 37.2 Å². The van der Waals surface area contributed by atoms with Crippen molar-refractivity contribution in [2.24, 2.45) is 0 Å². The molecule has 2 aromatic rings. The molecule has 1 aromatic heterocycles. The van der Waals surface area contributed by atoms with Crippen molar-refractivity contribution < 1.29 is 9.90 Å². The minimum Gasteiger partial charge on any atom is -0.396 e. The van der Waals surface area contributed by atoms with Gasteiger partial charge < -0.3 is 15.7 Å². The molecule has 2 amide bonds. The lowest BCUT2D eigenvalue weighted by Gasteiger charge is -2.19. The normalized spacial score (nSPS) is 14.3. The Morgan fingerprint density at radius 3 is 2.79 bits per heavy atom.